The van der Waals surface area contributed by atoms with E-state index in [1.165, 1.54) is 11.1 Å². The molecule has 2 atom stereocenters. The molecule has 2 rings (SSSR count). The van der Waals surface area contributed by atoms with Gasteiger partial charge in [0.15, 0.2) is 0 Å². The van der Waals surface area contributed by atoms with Gasteiger partial charge in [-0.15, -0.1) is 0 Å². The number of hydrogen-bond acceptors (Lipinski definition) is 1. The van der Waals surface area contributed by atoms with Gasteiger partial charge < -0.3 is 0 Å². The summed E-state index contributed by atoms with van der Waals surface area (Å²) in [6, 6.07) is 8.52. The van der Waals surface area contributed by atoms with Crippen LogP contribution in [0.5, 0.6) is 0 Å². The first kappa shape index (κ1) is 10.4. The second-order valence-corrected chi connectivity index (χ2v) is 4.58. The molecule has 0 N–H and O–H groups in total. The molecule has 1 aliphatic carbocycles. The topological polar surface area (TPSA) is 17.1 Å². The highest BCUT2D eigenvalue weighted by atomic mass is 16.1. The highest BCUT2D eigenvalue weighted by Gasteiger charge is 2.29. The lowest BCUT2D eigenvalue weighted by Gasteiger charge is -2.29. The molecule has 80 valence electrons. The van der Waals surface area contributed by atoms with Crippen LogP contribution in [0.4, 0.5) is 0 Å². The fourth-order valence-electron chi connectivity index (χ4n) is 2.58. The number of hydrogen-bond donors (Lipinski definition) is 0. The van der Waals surface area contributed by atoms with Crippen molar-refractivity contribution in [2.24, 2.45) is 11.8 Å². The van der Waals surface area contributed by atoms with Crippen LogP contribution >= 0.6 is 0 Å². The summed E-state index contributed by atoms with van der Waals surface area (Å²) in [5.74, 6) is 1.19. The van der Waals surface area contributed by atoms with Crippen LogP contribution in [0, 0.1) is 11.8 Å². The average Bonchev–Trinajstić information content (AvgIpc) is 2.27. The second-order valence-electron chi connectivity index (χ2n) is 4.58. The number of carbonyl (C=O) groups excluding carboxylic acids is 1. The summed E-state index contributed by atoms with van der Waals surface area (Å²) >= 11 is 0. The quantitative estimate of drug-likeness (QED) is 0.720. The van der Waals surface area contributed by atoms with Gasteiger partial charge in [-0.1, -0.05) is 38.1 Å². The van der Waals surface area contributed by atoms with Gasteiger partial charge in [0.1, 0.15) is 5.78 Å². The predicted molar refractivity (Wildman–Crippen MR) is 61.8 cm³/mol. The van der Waals surface area contributed by atoms with Crippen LogP contribution < -0.4 is 0 Å². The molecular formula is C14H18O. The van der Waals surface area contributed by atoms with Gasteiger partial charge in [0, 0.05) is 12.3 Å². The number of carbonyl (C=O) groups is 1. The van der Waals surface area contributed by atoms with E-state index in [4.69, 9.17) is 0 Å². The van der Waals surface area contributed by atoms with Gasteiger partial charge in [-0.05, 0) is 29.9 Å². The Bertz CT molecular complexity index is 367. The van der Waals surface area contributed by atoms with Crippen molar-refractivity contribution in [3.05, 3.63) is 35.4 Å². The van der Waals surface area contributed by atoms with Gasteiger partial charge in [0.2, 0.25) is 0 Å². The third-order valence-electron chi connectivity index (χ3n) is 3.55. The van der Waals surface area contributed by atoms with Gasteiger partial charge >= 0.3 is 0 Å². The minimum Gasteiger partial charge on any atom is -0.299 e. The maximum atomic E-state index is 11.8. The van der Waals surface area contributed by atoms with Crippen molar-refractivity contribution in [3.63, 3.8) is 0 Å². The van der Waals surface area contributed by atoms with Crippen molar-refractivity contribution < 1.29 is 4.79 Å². The zero-order valence-corrected chi connectivity index (χ0v) is 9.49. The predicted octanol–water partition coefficient (Wildman–Crippen LogP) is 3.02. The van der Waals surface area contributed by atoms with Crippen molar-refractivity contribution in [1.82, 2.24) is 0 Å². The van der Waals surface area contributed by atoms with E-state index in [0.29, 0.717) is 18.1 Å². The molecule has 2 unspecified atom stereocenters. The van der Waals surface area contributed by atoms with E-state index in [1.54, 1.807) is 0 Å². The highest BCUT2D eigenvalue weighted by molar-refractivity contribution is 5.81. The van der Waals surface area contributed by atoms with E-state index in [9.17, 15) is 4.79 Å². The molecule has 0 bridgehead atoms. The zero-order chi connectivity index (χ0) is 10.8. The Labute approximate surface area is 91.5 Å². The van der Waals surface area contributed by atoms with E-state index >= 15 is 0 Å². The monoisotopic (exact) mass is 202 g/mol. The highest BCUT2D eigenvalue weighted by Crippen LogP contribution is 2.30. The van der Waals surface area contributed by atoms with Gasteiger partial charge in [-0.3, -0.25) is 4.79 Å². The first-order chi connectivity index (χ1) is 7.22. The fraction of sp³-hybridized carbons (Fsp3) is 0.500. The Morgan fingerprint density at radius 3 is 2.47 bits per heavy atom. The zero-order valence-electron chi connectivity index (χ0n) is 9.49. The number of ketones is 1. The van der Waals surface area contributed by atoms with Gasteiger partial charge in [0.05, 0.1) is 0 Å². The number of benzene rings is 1. The summed E-state index contributed by atoms with van der Waals surface area (Å²) in [5.41, 5.74) is 2.81. The van der Waals surface area contributed by atoms with E-state index in [-0.39, 0.29) is 5.92 Å². The van der Waals surface area contributed by atoms with Crippen molar-refractivity contribution in [1.29, 1.82) is 0 Å². The molecule has 1 heteroatoms. The summed E-state index contributed by atoms with van der Waals surface area (Å²) in [5, 5.41) is 0. The standard InChI is InChI=1S/C14H18O/c1-3-14(15)13-9-12-7-5-4-6-11(12)8-10(13)2/h4-7,10,13H,3,8-9H2,1-2H3. The SMILES string of the molecule is CCC(=O)C1Cc2ccccc2CC1C. The Balaban J connectivity index is 2.25. The third-order valence-corrected chi connectivity index (χ3v) is 3.55. The molecule has 1 aliphatic rings. The van der Waals surface area contributed by atoms with Crippen LogP contribution in [-0.4, -0.2) is 5.78 Å². The molecule has 0 radical (unpaired) electrons. The third kappa shape index (κ3) is 1.97. The number of fused-ring (bicyclic) bond motifs is 1. The minimum atomic E-state index is 0.255. The van der Waals surface area contributed by atoms with Gasteiger partial charge in [-0.2, -0.15) is 0 Å². The lowest BCUT2D eigenvalue weighted by atomic mass is 9.74. The van der Waals surface area contributed by atoms with Gasteiger partial charge in [-0.25, -0.2) is 0 Å². The van der Waals surface area contributed by atoms with Crippen LogP contribution in [-0.2, 0) is 17.6 Å². The molecule has 1 aromatic carbocycles. The molecule has 1 nitrogen and oxygen atoms in total. The molecule has 0 aliphatic heterocycles. The maximum Gasteiger partial charge on any atom is 0.136 e. The summed E-state index contributed by atoms with van der Waals surface area (Å²) < 4.78 is 0. The molecule has 1 aromatic rings. The first-order valence-corrected chi connectivity index (χ1v) is 5.82. The minimum absolute atomic E-state index is 0.255. The Morgan fingerprint density at radius 2 is 1.87 bits per heavy atom. The summed E-state index contributed by atoms with van der Waals surface area (Å²) in [4.78, 5) is 11.8. The van der Waals surface area contributed by atoms with Crippen molar-refractivity contribution in [2.45, 2.75) is 33.1 Å². The molecule has 0 saturated carbocycles. The summed E-state index contributed by atoms with van der Waals surface area (Å²) in [6.07, 6.45) is 2.69. The average molecular weight is 202 g/mol. The smallest absolute Gasteiger partial charge is 0.136 e. The molecule has 0 fully saturated rings. The lowest BCUT2D eigenvalue weighted by Crippen LogP contribution is -2.29. The Kier molecular flexibility index (Phi) is 2.90. The van der Waals surface area contributed by atoms with E-state index in [0.717, 1.165) is 12.8 Å². The number of Topliss-reactive ketones (excluding diaryl/α,β-unsaturated/α-hetero) is 1. The van der Waals surface area contributed by atoms with E-state index in [1.807, 2.05) is 6.92 Å². The molecule has 0 amide bonds. The van der Waals surface area contributed by atoms with E-state index in [2.05, 4.69) is 31.2 Å². The van der Waals surface area contributed by atoms with Crippen LogP contribution in [0.1, 0.15) is 31.4 Å². The Hall–Kier alpha value is -1.11. The summed E-state index contributed by atoms with van der Waals surface area (Å²) in [7, 11) is 0. The molecule has 0 spiro atoms. The molecule has 0 aromatic heterocycles. The van der Waals surface area contributed by atoms with Gasteiger partial charge in [0.25, 0.3) is 0 Å². The Morgan fingerprint density at radius 1 is 1.27 bits per heavy atom. The van der Waals surface area contributed by atoms with E-state index < -0.39 is 0 Å². The lowest BCUT2D eigenvalue weighted by molar-refractivity contribution is -0.124. The molecule has 0 heterocycles. The van der Waals surface area contributed by atoms with Crippen molar-refractivity contribution in [3.8, 4) is 0 Å². The fourth-order valence-corrected chi connectivity index (χ4v) is 2.58. The second kappa shape index (κ2) is 4.18. The van der Waals surface area contributed by atoms with Crippen LogP contribution in [0.2, 0.25) is 0 Å². The van der Waals surface area contributed by atoms with Crippen molar-refractivity contribution in [2.75, 3.05) is 0 Å². The van der Waals surface area contributed by atoms with Crippen molar-refractivity contribution >= 4 is 5.78 Å². The molecule has 15 heavy (non-hydrogen) atoms. The maximum absolute atomic E-state index is 11.8. The van der Waals surface area contributed by atoms with Crippen LogP contribution in [0.3, 0.4) is 0 Å². The van der Waals surface area contributed by atoms with Crippen LogP contribution in [0.25, 0.3) is 0 Å². The summed E-state index contributed by atoms with van der Waals surface area (Å²) in [6.45, 7) is 4.17. The normalized spacial score (nSPS) is 24.7. The largest absolute Gasteiger partial charge is 0.299 e. The first-order valence-electron chi connectivity index (χ1n) is 5.82. The van der Waals surface area contributed by atoms with Crippen LogP contribution in [0.15, 0.2) is 24.3 Å². The molecular weight excluding hydrogens is 184 g/mol. The number of rotatable bonds is 2. The molecule has 0 saturated heterocycles.